The molecule has 0 aromatic heterocycles. The average Bonchev–Trinajstić information content (AvgIpc) is 2.43. The molecular formula is C16H24O2. The van der Waals surface area contributed by atoms with Crippen molar-refractivity contribution < 1.29 is 9.53 Å². The first kappa shape index (κ1) is 14.7. The Labute approximate surface area is 110 Å². The molecule has 0 heterocycles. The zero-order chi connectivity index (χ0) is 13.4. The number of hydrogen-bond donors (Lipinski definition) is 0. The first-order valence-electron chi connectivity index (χ1n) is 6.91. The highest BCUT2D eigenvalue weighted by molar-refractivity contribution is 5.77. The second-order valence-corrected chi connectivity index (χ2v) is 4.72. The Balaban J connectivity index is 2.33. The first-order valence-corrected chi connectivity index (χ1v) is 6.91. The molecule has 1 aromatic rings. The molecule has 2 heteroatoms. The summed E-state index contributed by atoms with van der Waals surface area (Å²) >= 11 is 0. The minimum Gasteiger partial charge on any atom is -0.494 e. The number of benzene rings is 1. The third-order valence-corrected chi connectivity index (χ3v) is 3.32. The SMILES string of the molecule is CCC(=O)CCCOc1ccc(C(C)CC)cc1. The van der Waals surface area contributed by atoms with Gasteiger partial charge in [-0.25, -0.2) is 0 Å². The summed E-state index contributed by atoms with van der Waals surface area (Å²) in [6.45, 7) is 6.94. The number of rotatable bonds is 8. The monoisotopic (exact) mass is 248 g/mol. The molecule has 0 radical (unpaired) electrons. The fourth-order valence-corrected chi connectivity index (χ4v) is 1.76. The van der Waals surface area contributed by atoms with Gasteiger partial charge in [-0.1, -0.05) is 32.9 Å². The van der Waals surface area contributed by atoms with Gasteiger partial charge in [0.15, 0.2) is 0 Å². The van der Waals surface area contributed by atoms with Gasteiger partial charge < -0.3 is 4.74 Å². The van der Waals surface area contributed by atoms with Crippen molar-refractivity contribution in [2.75, 3.05) is 6.61 Å². The molecule has 0 saturated heterocycles. The smallest absolute Gasteiger partial charge is 0.132 e. The van der Waals surface area contributed by atoms with Crippen LogP contribution in [-0.2, 0) is 4.79 Å². The molecule has 0 N–H and O–H groups in total. The van der Waals surface area contributed by atoms with E-state index in [-0.39, 0.29) is 0 Å². The molecular weight excluding hydrogens is 224 g/mol. The lowest BCUT2D eigenvalue weighted by Crippen LogP contribution is -2.02. The number of ether oxygens (including phenoxy) is 1. The van der Waals surface area contributed by atoms with Crippen LogP contribution in [0.15, 0.2) is 24.3 Å². The van der Waals surface area contributed by atoms with Crippen molar-refractivity contribution in [2.45, 2.75) is 52.4 Å². The highest BCUT2D eigenvalue weighted by Gasteiger charge is 2.03. The third-order valence-electron chi connectivity index (χ3n) is 3.32. The van der Waals surface area contributed by atoms with E-state index in [1.807, 2.05) is 19.1 Å². The number of carbonyl (C=O) groups excluding carboxylic acids is 1. The second-order valence-electron chi connectivity index (χ2n) is 4.72. The van der Waals surface area contributed by atoms with Crippen molar-refractivity contribution in [1.29, 1.82) is 0 Å². The maximum absolute atomic E-state index is 11.1. The van der Waals surface area contributed by atoms with Crippen LogP contribution in [0, 0.1) is 0 Å². The van der Waals surface area contributed by atoms with E-state index in [4.69, 9.17) is 4.74 Å². The highest BCUT2D eigenvalue weighted by Crippen LogP contribution is 2.21. The predicted molar refractivity (Wildman–Crippen MR) is 75.2 cm³/mol. The predicted octanol–water partition coefficient (Wildman–Crippen LogP) is 4.34. The Bertz CT molecular complexity index is 354. The molecule has 0 aliphatic heterocycles. The summed E-state index contributed by atoms with van der Waals surface area (Å²) in [5.41, 5.74) is 1.35. The highest BCUT2D eigenvalue weighted by atomic mass is 16.5. The van der Waals surface area contributed by atoms with Crippen LogP contribution < -0.4 is 4.74 Å². The van der Waals surface area contributed by atoms with Crippen LogP contribution in [0.4, 0.5) is 0 Å². The van der Waals surface area contributed by atoms with E-state index in [2.05, 4.69) is 26.0 Å². The fourth-order valence-electron chi connectivity index (χ4n) is 1.76. The van der Waals surface area contributed by atoms with Gasteiger partial charge in [0.1, 0.15) is 11.5 Å². The summed E-state index contributed by atoms with van der Waals surface area (Å²) < 4.78 is 5.62. The topological polar surface area (TPSA) is 26.3 Å². The average molecular weight is 248 g/mol. The molecule has 0 bridgehead atoms. The largest absolute Gasteiger partial charge is 0.494 e. The quantitative estimate of drug-likeness (QED) is 0.640. The van der Waals surface area contributed by atoms with Crippen molar-refractivity contribution in [1.82, 2.24) is 0 Å². The molecule has 1 rings (SSSR count). The molecule has 100 valence electrons. The molecule has 1 unspecified atom stereocenters. The van der Waals surface area contributed by atoms with Crippen molar-refractivity contribution in [3.8, 4) is 5.75 Å². The van der Waals surface area contributed by atoms with Crippen LogP contribution >= 0.6 is 0 Å². The van der Waals surface area contributed by atoms with E-state index in [0.29, 0.717) is 31.1 Å². The molecule has 0 aliphatic rings. The summed E-state index contributed by atoms with van der Waals surface area (Å²) in [6, 6.07) is 8.29. The molecule has 18 heavy (non-hydrogen) atoms. The minimum atomic E-state index is 0.311. The Morgan fingerprint density at radius 3 is 2.44 bits per heavy atom. The summed E-state index contributed by atoms with van der Waals surface area (Å²) in [7, 11) is 0. The summed E-state index contributed by atoms with van der Waals surface area (Å²) in [6.07, 6.45) is 3.21. The lowest BCUT2D eigenvalue weighted by atomic mass is 9.99. The maximum atomic E-state index is 11.1. The minimum absolute atomic E-state index is 0.311. The molecule has 0 aliphatic carbocycles. The Morgan fingerprint density at radius 2 is 1.89 bits per heavy atom. The van der Waals surface area contributed by atoms with Gasteiger partial charge in [0.05, 0.1) is 6.61 Å². The van der Waals surface area contributed by atoms with Gasteiger partial charge in [-0.3, -0.25) is 4.79 Å². The van der Waals surface area contributed by atoms with Gasteiger partial charge >= 0.3 is 0 Å². The Morgan fingerprint density at radius 1 is 1.22 bits per heavy atom. The van der Waals surface area contributed by atoms with Gasteiger partial charge in [0.25, 0.3) is 0 Å². The summed E-state index contributed by atoms with van der Waals surface area (Å²) in [5, 5.41) is 0. The van der Waals surface area contributed by atoms with Gasteiger partial charge in [-0.05, 0) is 36.5 Å². The van der Waals surface area contributed by atoms with E-state index >= 15 is 0 Å². The molecule has 2 nitrogen and oxygen atoms in total. The van der Waals surface area contributed by atoms with Crippen molar-refractivity contribution >= 4 is 5.78 Å². The van der Waals surface area contributed by atoms with E-state index in [0.717, 1.165) is 18.6 Å². The van der Waals surface area contributed by atoms with Gasteiger partial charge in [-0.15, -0.1) is 0 Å². The van der Waals surface area contributed by atoms with E-state index in [9.17, 15) is 4.79 Å². The van der Waals surface area contributed by atoms with Crippen molar-refractivity contribution in [3.05, 3.63) is 29.8 Å². The number of hydrogen-bond acceptors (Lipinski definition) is 2. The van der Waals surface area contributed by atoms with Gasteiger partial charge in [-0.2, -0.15) is 0 Å². The molecule has 1 atom stereocenters. The fraction of sp³-hybridized carbons (Fsp3) is 0.562. The molecule has 1 aromatic carbocycles. The number of carbonyl (C=O) groups is 1. The molecule has 0 amide bonds. The third kappa shape index (κ3) is 4.91. The van der Waals surface area contributed by atoms with Gasteiger partial charge in [0.2, 0.25) is 0 Å². The van der Waals surface area contributed by atoms with Crippen LogP contribution in [0.5, 0.6) is 5.75 Å². The van der Waals surface area contributed by atoms with Crippen LogP contribution in [0.3, 0.4) is 0 Å². The van der Waals surface area contributed by atoms with Crippen LogP contribution in [-0.4, -0.2) is 12.4 Å². The number of ketones is 1. The van der Waals surface area contributed by atoms with Crippen LogP contribution in [0.2, 0.25) is 0 Å². The summed E-state index contributed by atoms with van der Waals surface area (Å²) in [4.78, 5) is 11.1. The van der Waals surface area contributed by atoms with E-state index in [1.54, 1.807) is 0 Å². The molecule has 0 saturated carbocycles. The first-order chi connectivity index (χ1) is 8.67. The lowest BCUT2D eigenvalue weighted by molar-refractivity contribution is -0.118. The van der Waals surface area contributed by atoms with Crippen molar-refractivity contribution in [3.63, 3.8) is 0 Å². The molecule has 0 spiro atoms. The molecule has 0 fully saturated rings. The zero-order valence-electron chi connectivity index (χ0n) is 11.7. The van der Waals surface area contributed by atoms with Crippen molar-refractivity contribution in [2.24, 2.45) is 0 Å². The second kappa shape index (κ2) is 7.91. The lowest BCUT2D eigenvalue weighted by Gasteiger charge is -2.10. The Hall–Kier alpha value is -1.31. The van der Waals surface area contributed by atoms with E-state index < -0.39 is 0 Å². The zero-order valence-corrected chi connectivity index (χ0v) is 11.7. The van der Waals surface area contributed by atoms with Gasteiger partial charge in [0, 0.05) is 12.8 Å². The van der Waals surface area contributed by atoms with Crippen LogP contribution in [0.1, 0.15) is 57.9 Å². The standard InChI is InChI=1S/C16H24O2/c1-4-13(3)14-8-10-16(11-9-14)18-12-6-7-15(17)5-2/h8-11,13H,4-7,12H2,1-3H3. The Kier molecular flexibility index (Phi) is 6.48. The maximum Gasteiger partial charge on any atom is 0.132 e. The summed E-state index contributed by atoms with van der Waals surface area (Å²) in [5.74, 6) is 1.80. The van der Waals surface area contributed by atoms with E-state index in [1.165, 1.54) is 5.56 Å². The number of Topliss-reactive ketones (excluding diaryl/α,β-unsaturated/α-hetero) is 1. The van der Waals surface area contributed by atoms with Crippen LogP contribution in [0.25, 0.3) is 0 Å². The normalized spacial score (nSPS) is 12.2.